The number of hydrogen-bond donors (Lipinski definition) is 1. The number of halogens is 1. The fourth-order valence-corrected chi connectivity index (χ4v) is 4.73. The predicted molar refractivity (Wildman–Crippen MR) is 123 cm³/mol. The molecule has 7 heteroatoms. The molecule has 2 aromatic rings. The molecule has 0 aromatic heterocycles. The van der Waals surface area contributed by atoms with Crippen LogP contribution in [-0.2, 0) is 26.5 Å². The van der Waals surface area contributed by atoms with E-state index in [9.17, 15) is 19.1 Å². The van der Waals surface area contributed by atoms with E-state index in [0.717, 1.165) is 11.1 Å². The van der Waals surface area contributed by atoms with Crippen molar-refractivity contribution in [3.63, 3.8) is 0 Å². The summed E-state index contributed by atoms with van der Waals surface area (Å²) in [4.78, 5) is 29.4. The Bertz CT molecular complexity index is 1050. The number of fused-ring (bicyclic) bond motifs is 1. The normalized spacial score (nSPS) is 25.0. The number of carboxylic acid groups (broad SMARTS) is 1. The summed E-state index contributed by atoms with van der Waals surface area (Å²) in [5.41, 5.74) is 0.805. The van der Waals surface area contributed by atoms with Crippen molar-refractivity contribution in [1.29, 1.82) is 0 Å². The number of piperazine rings is 1. The number of benzene rings is 2. The molecule has 1 aliphatic heterocycles. The van der Waals surface area contributed by atoms with Crippen molar-refractivity contribution in [3.05, 3.63) is 77.1 Å². The quantitative estimate of drug-likeness (QED) is 0.725. The molecule has 6 nitrogen and oxygen atoms in total. The van der Waals surface area contributed by atoms with E-state index in [1.807, 2.05) is 25.1 Å². The Hall–Kier alpha value is -3.03. The Labute approximate surface area is 193 Å². The average molecular weight is 453 g/mol. The third kappa shape index (κ3) is 4.70. The molecule has 3 atom stereocenters. The smallest absolute Gasteiger partial charge is 0.341 e. The summed E-state index contributed by atoms with van der Waals surface area (Å²) < 4.78 is 19.1. The number of nitrogens with zero attached hydrogens (tertiary/aromatic N) is 2. The highest BCUT2D eigenvalue weighted by atomic mass is 19.1. The van der Waals surface area contributed by atoms with Crippen LogP contribution in [-0.4, -0.2) is 58.6 Å². The van der Waals surface area contributed by atoms with Gasteiger partial charge in [-0.15, -0.1) is 0 Å². The molecular formula is C26H29FN2O4. The highest BCUT2D eigenvalue weighted by Gasteiger charge is 2.44. The third-order valence-corrected chi connectivity index (χ3v) is 6.62. The summed E-state index contributed by atoms with van der Waals surface area (Å²) >= 11 is 0. The zero-order chi connectivity index (χ0) is 23.6. The van der Waals surface area contributed by atoms with Crippen LogP contribution in [0.5, 0.6) is 0 Å². The Morgan fingerprint density at radius 2 is 1.82 bits per heavy atom. The minimum absolute atomic E-state index is 0.0583. The van der Waals surface area contributed by atoms with Crippen molar-refractivity contribution >= 4 is 18.0 Å². The van der Waals surface area contributed by atoms with Crippen molar-refractivity contribution in [2.75, 3.05) is 19.7 Å². The van der Waals surface area contributed by atoms with Crippen LogP contribution in [0.1, 0.15) is 37.0 Å². The fraction of sp³-hybridized carbons (Fsp3) is 0.385. The number of carbonyl (C=O) groups excluding carboxylic acids is 1. The molecule has 1 unspecified atom stereocenters. The molecule has 1 aliphatic carbocycles. The Kier molecular flexibility index (Phi) is 6.63. The molecule has 1 heterocycles. The number of ether oxygens (including phenoxy) is 1. The molecule has 33 heavy (non-hydrogen) atoms. The van der Waals surface area contributed by atoms with Crippen LogP contribution in [0.25, 0.3) is 6.08 Å². The second-order valence-corrected chi connectivity index (χ2v) is 8.91. The van der Waals surface area contributed by atoms with Crippen molar-refractivity contribution in [1.82, 2.24) is 9.80 Å². The zero-order valence-corrected chi connectivity index (χ0v) is 18.9. The summed E-state index contributed by atoms with van der Waals surface area (Å²) in [5, 5.41) is 10.0. The molecule has 1 saturated heterocycles. The summed E-state index contributed by atoms with van der Waals surface area (Å²) in [6, 6.07) is 13.7. The van der Waals surface area contributed by atoms with E-state index in [1.165, 1.54) is 12.1 Å². The van der Waals surface area contributed by atoms with E-state index in [2.05, 4.69) is 11.8 Å². The van der Waals surface area contributed by atoms with Gasteiger partial charge in [-0.05, 0) is 37.1 Å². The van der Waals surface area contributed by atoms with Gasteiger partial charge in [0.1, 0.15) is 12.4 Å². The van der Waals surface area contributed by atoms with Gasteiger partial charge in [0.15, 0.2) is 5.60 Å². The number of carboxylic acids is 1. The molecule has 0 spiro atoms. The van der Waals surface area contributed by atoms with Gasteiger partial charge in [-0.1, -0.05) is 48.6 Å². The lowest BCUT2D eigenvalue weighted by Crippen LogP contribution is -2.58. The largest absolute Gasteiger partial charge is 0.479 e. The lowest BCUT2D eigenvalue weighted by molar-refractivity contribution is -0.173. The highest BCUT2D eigenvalue weighted by Crippen LogP contribution is 2.37. The van der Waals surface area contributed by atoms with Gasteiger partial charge in [0.2, 0.25) is 5.91 Å². The molecule has 0 bridgehead atoms. The van der Waals surface area contributed by atoms with Gasteiger partial charge < -0.3 is 14.7 Å². The van der Waals surface area contributed by atoms with Crippen molar-refractivity contribution in [3.8, 4) is 0 Å². The minimum atomic E-state index is -1.57. The lowest BCUT2D eigenvalue weighted by Gasteiger charge is -2.44. The second-order valence-electron chi connectivity index (χ2n) is 8.91. The Morgan fingerprint density at radius 1 is 1.09 bits per heavy atom. The van der Waals surface area contributed by atoms with Gasteiger partial charge in [-0.25, -0.2) is 9.18 Å². The van der Waals surface area contributed by atoms with Gasteiger partial charge in [0.25, 0.3) is 0 Å². The molecule has 0 saturated carbocycles. The maximum absolute atomic E-state index is 13.2. The maximum Gasteiger partial charge on any atom is 0.341 e. The first-order valence-corrected chi connectivity index (χ1v) is 11.2. The van der Waals surface area contributed by atoms with Crippen LogP contribution in [0.15, 0.2) is 54.6 Å². The molecule has 2 aromatic carbocycles. The van der Waals surface area contributed by atoms with E-state index in [1.54, 1.807) is 35.2 Å². The molecule has 174 valence electrons. The molecule has 1 amide bonds. The van der Waals surface area contributed by atoms with E-state index < -0.39 is 11.6 Å². The van der Waals surface area contributed by atoms with Crippen molar-refractivity contribution < 1.29 is 23.8 Å². The summed E-state index contributed by atoms with van der Waals surface area (Å²) in [5.74, 6) is -1.58. The number of hydrogen-bond acceptors (Lipinski definition) is 4. The zero-order valence-electron chi connectivity index (χ0n) is 18.9. The Morgan fingerprint density at radius 3 is 2.55 bits per heavy atom. The minimum Gasteiger partial charge on any atom is -0.479 e. The third-order valence-electron chi connectivity index (χ3n) is 6.62. The number of rotatable bonds is 6. The fourth-order valence-electron chi connectivity index (χ4n) is 4.73. The second kappa shape index (κ2) is 9.45. The summed E-state index contributed by atoms with van der Waals surface area (Å²) in [6.45, 7) is 5.59. The monoisotopic (exact) mass is 452 g/mol. The number of carbonyl (C=O) groups is 2. The predicted octanol–water partition coefficient (Wildman–Crippen LogP) is 3.66. The number of amides is 1. The van der Waals surface area contributed by atoms with Crippen molar-refractivity contribution in [2.24, 2.45) is 0 Å². The van der Waals surface area contributed by atoms with Crippen molar-refractivity contribution in [2.45, 2.75) is 44.5 Å². The molecule has 1 fully saturated rings. The van der Waals surface area contributed by atoms with Crippen LogP contribution in [0.3, 0.4) is 0 Å². The van der Waals surface area contributed by atoms with Gasteiger partial charge in [-0.3, -0.25) is 9.69 Å². The first-order chi connectivity index (χ1) is 15.8. The first kappa shape index (κ1) is 23.1. The average Bonchev–Trinajstić information content (AvgIpc) is 2.81. The topological polar surface area (TPSA) is 70.1 Å². The summed E-state index contributed by atoms with van der Waals surface area (Å²) in [6.07, 6.45) is 3.83. The van der Waals surface area contributed by atoms with Crippen LogP contribution in [0, 0.1) is 5.82 Å². The molecular weight excluding hydrogens is 423 g/mol. The molecule has 0 radical (unpaired) electrons. The SMILES string of the molecule is C[C@@H]1CN(C(=O)COC2(C(=O)O)CC=Cc3ccccc32)[C@@H](C)CN1Cc1ccc(F)cc1. The van der Waals surface area contributed by atoms with Gasteiger partial charge >= 0.3 is 5.97 Å². The molecule has 1 N–H and O–H groups in total. The van der Waals surface area contributed by atoms with E-state index in [-0.39, 0.29) is 36.8 Å². The van der Waals surface area contributed by atoms with Gasteiger partial charge in [0, 0.05) is 43.7 Å². The van der Waals surface area contributed by atoms with Gasteiger partial charge in [0.05, 0.1) is 0 Å². The lowest BCUT2D eigenvalue weighted by atomic mass is 9.83. The molecule has 2 aliphatic rings. The van der Waals surface area contributed by atoms with Crippen LogP contribution in [0.4, 0.5) is 4.39 Å². The van der Waals surface area contributed by atoms with Gasteiger partial charge in [-0.2, -0.15) is 0 Å². The number of aliphatic carboxylic acids is 1. The first-order valence-electron chi connectivity index (χ1n) is 11.2. The van der Waals surface area contributed by atoms with E-state index in [0.29, 0.717) is 25.2 Å². The highest BCUT2D eigenvalue weighted by molar-refractivity contribution is 5.84. The van der Waals surface area contributed by atoms with E-state index in [4.69, 9.17) is 4.74 Å². The molecule has 4 rings (SSSR count). The van der Waals surface area contributed by atoms with E-state index >= 15 is 0 Å². The standard InChI is InChI=1S/C26H29FN2O4/c1-18-15-29(19(2)14-28(18)16-20-9-11-22(27)12-10-20)24(30)17-33-26(25(31)32)13-5-7-21-6-3-4-8-23(21)26/h3-12,18-19H,13-17H2,1-2H3,(H,31,32)/t18-,19+,26?/m1/s1. The van der Waals surface area contributed by atoms with Crippen LogP contribution in [0.2, 0.25) is 0 Å². The van der Waals surface area contributed by atoms with Crippen LogP contribution >= 0.6 is 0 Å². The maximum atomic E-state index is 13.2. The van der Waals surface area contributed by atoms with Crippen LogP contribution < -0.4 is 0 Å². The Balaban J connectivity index is 1.42. The summed E-state index contributed by atoms with van der Waals surface area (Å²) in [7, 11) is 0.